The largest absolute Gasteiger partial charge is 0.326 e. The molecule has 0 spiro atoms. The molecule has 2 aromatic rings. The summed E-state index contributed by atoms with van der Waals surface area (Å²) in [5.41, 5.74) is 7.51. The zero-order chi connectivity index (χ0) is 12.0. The Bertz CT molecular complexity index is 597. The number of carbonyl (C=O) groups excluding carboxylic acids is 1. The van der Waals surface area contributed by atoms with Crippen LogP contribution in [0.25, 0.3) is 10.2 Å². The highest BCUT2D eigenvalue weighted by atomic mass is 35.5. The zero-order valence-electron chi connectivity index (χ0n) is 8.89. The molecule has 1 fully saturated rings. The number of fused-ring (bicyclic) bond motifs is 1. The van der Waals surface area contributed by atoms with Crippen molar-refractivity contribution in [2.45, 2.75) is 12.5 Å². The van der Waals surface area contributed by atoms with Crippen LogP contribution >= 0.6 is 22.9 Å². The summed E-state index contributed by atoms with van der Waals surface area (Å²) in [5, 5.41) is 0. The summed E-state index contributed by atoms with van der Waals surface area (Å²) in [4.78, 5) is 17.6. The van der Waals surface area contributed by atoms with Crippen molar-refractivity contribution in [3.05, 3.63) is 22.7 Å². The molecule has 2 heterocycles. The lowest BCUT2D eigenvalue weighted by molar-refractivity contribution is -0.117. The van der Waals surface area contributed by atoms with Crippen molar-refractivity contribution in [2.24, 2.45) is 5.73 Å². The third kappa shape index (κ3) is 1.90. The molecule has 6 heteroatoms. The summed E-state index contributed by atoms with van der Waals surface area (Å²) in [6.45, 7) is 0.580. The normalized spacial score (nSPS) is 20.5. The van der Waals surface area contributed by atoms with Gasteiger partial charge in [-0.1, -0.05) is 11.6 Å². The molecule has 1 unspecified atom stereocenters. The molecular weight excluding hydrogens is 258 g/mol. The molecule has 2 N–H and O–H groups in total. The summed E-state index contributed by atoms with van der Waals surface area (Å²) in [7, 11) is 0. The fourth-order valence-corrected chi connectivity index (χ4v) is 3.10. The molecule has 1 aromatic carbocycles. The minimum absolute atomic E-state index is 0.0664. The van der Waals surface area contributed by atoms with Gasteiger partial charge in [-0.2, -0.15) is 0 Å². The number of rotatable bonds is 1. The van der Waals surface area contributed by atoms with Gasteiger partial charge in [-0.3, -0.25) is 4.79 Å². The van der Waals surface area contributed by atoms with Crippen LogP contribution in [0.3, 0.4) is 0 Å². The molecule has 1 aliphatic rings. The van der Waals surface area contributed by atoms with E-state index in [9.17, 15) is 4.79 Å². The van der Waals surface area contributed by atoms with Gasteiger partial charge in [0.1, 0.15) is 0 Å². The van der Waals surface area contributed by atoms with E-state index in [0.717, 1.165) is 15.9 Å². The standard InChI is InChI=1S/C11H10ClN3OS/c12-11-14-8-2-1-7(4-9(8)17-11)15-5-6(13)3-10(15)16/h1-2,4,6H,3,5,13H2. The average Bonchev–Trinajstić information content (AvgIpc) is 2.78. The number of halogens is 1. The number of amides is 1. The zero-order valence-corrected chi connectivity index (χ0v) is 10.5. The number of carbonyl (C=O) groups is 1. The van der Waals surface area contributed by atoms with Gasteiger partial charge in [-0.25, -0.2) is 4.98 Å². The molecule has 1 amide bonds. The van der Waals surface area contributed by atoms with Crippen molar-refractivity contribution in [1.29, 1.82) is 0 Å². The lowest BCUT2D eigenvalue weighted by Crippen LogP contribution is -2.27. The summed E-state index contributed by atoms with van der Waals surface area (Å²) in [6, 6.07) is 5.64. The first-order valence-electron chi connectivity index (χ1n) is 5.25. The van der Waals surface area contributed by atoms with E-state index in [1.54, 1.807) is 4.90 Å². The number of hydrogen-bond acceptors (Lipinski definition) is 4. The number of thiazole rings is 1. The summed E-state index contributed by atoms with van der Waals surface area (Å²) < 4.78 is 1.50. The molecule has 1 saturated heterocycles. The van der Waals surface area contributed by atoms with Crippen LogP contribution in [0.1, 0.15) is 6.42 Å². The Labute approximate surface area is 107 Å². The molecule has 0 saturated carbocycles. The molecule has 17 heavy (non-hydrogen) atoms. The molecule has 0 radical (unpaired) electrons. The third-order valence-corrected chi connectivity index (χ3v) is 3.94. The van der Waals surface area contributed by atoms with E-state index in [0.29, 0.717) is 17.4 Å². The lowest BCUT2D eigenvalue weighted by atomic mass is 10.3. The highest BCUT2D eigenvalue weighted by Gasteiger charge is 2.28. The van der Waals surface area contributed by atoms with Gasteiger partial charge in [-0.15, -0.1) is 11.3 Å². The van der Waals surface area contributed by atoms with E-state index in [-0.39, 0.29) is 11.9 Å². The Balaban J connectivity index is 2.03. The first-order valence-corrected chi connectivity index (χ1v) is 6.45. The first-order chi connectivity index (χ1) is 8.13. The highest BCUT2D eigenvalue weighted by Crippen LogP contribution is 2.30. The van der Waals surface area contributed by atoms with Crippen molar-refractivity contribution >= 4 is 44.7 Å². The fraction of sp³-hybridized carbons (Fsp3) is 0.273. The molecule has 1 atom stereocenters. The molecule has 0 bridgehead atoms. The van der Waals surface area contributed by atoms with Gasteiger partial charge >= 0.3 is 0 Å². The first kappa shape index (κ1) is 11.0. The Morgan fingerprint density at radius 1 is 1.53 bits per heavy atom. The van der Waals surface area contributed by atoms with Crippen LogP contribution < -0.4 is 10.6 Å². The Kier molecular flexibility index (Phi) is 2.54. The van der Waals surface area contributed by atoms with E-state index >= 15 is 0 Å². The highest BCUT2D eigenvalue weighted by molar-refractivity contribution is 7.22. The van der Waals surface area contributed by atoms with Crippen LogP contribution in [-0.2, 0) is 4.79 Å². The molecule has 1 aliphatic heterocycles. The second kappa shape index (κ2) is 3.94. The topological polar surface area (TPSA) is 59.2 Å². The van der Waals surface area contributed by atoms with Crippen molar-refractivity contribution in [2.75, 3.05) is 11.4 Å². The van der Waals surface area contributed by atoms with Gasteiger partial charge in [0.25, 0.3) is 0 Å². The van der Waals surface area contributed by atoms with Crippen molar-refractivity contribution < 1.29 is 4.79 Å². The van der Waals surface area contributed by atoms with Gasteiger partial charge in [0.15, 0.2) is 4.47 Å². The summed E-state index contributed by atoms with van der Waals surface area (Å²) >= 11 is 7.27. The van der Waals surface area contributed by atoms with E-state index < -0.39 is 0 Å². The second-order valence-corrected chi connectivity index (χ2v) is 5.70. The predicted octanol–water partition coefficient (Wildman–Crippen LogP) is 2.01. The van der Waals surface area contributed by atoms with Crippen molar-refractivity contribution in [3.8, 4) is 0 Å². The van der Waals surface area contributed by atoms with Gasteiger partial charge < -0.3 is 10.6 Å². The Morgan fingerprint density at radius 3 is 3.06 bits per heavy atom. The van der Waals surface area contributed by atoms with Crippen LogP contribution in [0.4, 0.5) is 5.69 Å². The van der Waals surface area contributed by atoms with E-state index in [1.165, 1.54) is 11.3 Å². The number of nitrogens with zero attached hydrogens (tertiary/aromatic N) is 2. The lowest BCUT2D eigenvalue weighted by Gasteiger charge is -2.15. The minimum atomic E-state index is -0.0664. The maximum absolute atomic E-state index is 11.7. The number of aromatic nitrogens is 1. The third-order valence-electron chi connectivity index (χ3n) is 2.81. The van der Waals surface area contributed by atoms with Gasteiger partial charge in [0, 0.05) is 24.7 Å². The van der Waals surface area contributed by atoms with Crippen LogP contribution in [0.5, 0.6) is 0 Å². The second-order valence-electron chi connectivity index (χ2n) is 4.09. The van der Waals surface area contributed by atoms with Crippen LogP contribution in [-0.4, -0.2) is 23.5 Å². The van der Waals surface area contributed by atoms with Gasteiger partial charge in [0.2, 0.25) is 5.91 Å². The molecule has 1 aromatic heterocycles. The Morgan fingerprint density at radius 2 is 2.35 bits per heavy atom. The Hall–Kier alpha value is -1.17. The minimum Gasteiger partial charge on any atom is -0.326 e. The van der Waals surface area contributed by atoms with Crippen LogP contribution in [0, 0.1) is 0 Å². The SMILES string of the molecule is NC1CC(=O)N(c2ccc3nc(Cl)sc3c2)C1. The maximum Gasteiger partial charge on any atom is 0.228 e. The quantitative estimate of drug-likeness (QED) is 0.860. The monoisotopic (exact) mass is 267 g/mol. The summed E-state index contributed by atoms with van der Waals surface area (Å²) in [6.07, 6.45) is 0.418. The van der Waals surface area contributed by atoms with Gasteiger partial charge in [0.05, 0.1) is 10.2 Å². The fourth-order valence-electron chi connectivity index (χ4n) is 2.04. The number of anilines is 1. The number of nitrogens with two attached hydrogens (primary N) is 1. The van der Waals surface area contributed by atoms with Crippen LogP contribution in [0.15, 0.2) is 18.2 Å². The smallest absolute Gasteiger partial charge is 0.228 e. The van der Waals surface area contributed by atoms with Crippen molar-refractivity contribution in [3.63, 3.8) is 0 Å². The molecule has 88 valence electrons. The van der Waals surface area contributed by atoms with Crippen molar-refractivity contribution in [1.82, 2.24) is 4.98 Å². The average molecular weight is 268 g/mol. The molecule has 4 nitrogen and oxygen atoms in total. The molecule has 0 aliphatic carbocycles. The van der Waals surface area contributed by atoms with E-state index in [1.807, 2.05) is 18.2 Å². The van der Waals surface area contributed by atoms with Crippen LogP contribution in [0.2, 0.25) is 4.47 Å². The van der Waals surface area contributed by atoms with Gasteiger partial charge in [-0.05, 0) is 18.2 Å². The molecule has 3 rings (SSSR count). The van der Waals surface area contributed by atoms with E-state index in [4.69, 9.17) is 17.3 Å². The predicted molar refractivity (Wildman–Crippen MR) is 69.6 cm³/mol. The molecular formula is C11H10ClN3OS. The maximum atomic E-state index is 11.7. The number of benzene rings is 1. The summed E-state index contributed by atoms with van der Waals surface area (Å²) in [5.74, 6) is 0.0764. The van der Waals surface area contributed by atoms with E-state index in [2.05, 4.69) is 4.98 Å². The number of hydrogen-bond donors (Lipinski definition) is 1.